The molecule has 0 aliphatic carbocycles. The van der Waals surface area contributed by atoms with Gasteiger partial charge in [-0.15, -0.1) is 0 Å². The Morgan fingerprint density at radius 3 is 2.25 bits per heavy atom. The summed E-state index contributed by atoms with van der Waals surface area (Å²) in [5.74, 6) is 0.366. The first kappa shape index (κ1) is 19.5. The molecule has 0 saturated carbocycles. The number of ether oxygens (including phenoxy) is 2. The summed E-state index contributed by atoms with van der Waals surface area (Å²) in [6.07, 6.45) is 0. The third-order valence-electron chi connectivity index (χ3n) is 4.07. The monoisotopic (exact) mass is 375 g/mol. The van der Waals surface area contributed by atoms with Crippen molar-refractivity contribution in [2.45, 2.75) is 33.0 Å². The van der Waals surface area contributed by atoms with E-state index < -0.39 is 5.60 Å². The van der Waals surface area contributed by atoms with E-state index in [2.05, 4.69) is 0 Å². The van der Waals surface area contributed by atoms with E-state index in [9.17, 15) is 4.79 Å². The molecule has 3 aromatic rings. The molecular formula is C24H25NO3. The highest BCUT2D eigenvalue weighted by molar-refractivity contribution is 5.90. The lowest BCUT2D eigenvalue weighted by atomic mass is 10.0. The standard InChI is InChI=1S/C24H25NO3/c1-24(2,3)28-23(26)19-11-9-18(10-12-19)21-14-13-20(25)15-22(21)27-16-17-7-5-4-6-8-17/h4-15H,16,25H2,1-3H3. The Morgan fingerprint density at radius 2 is 1.61 bits per heavy atom. The van der Waals surface area contributed by atoms with Crippen molar-refractivity contribution in [1.82, 2.24) is 0 Å². The SMILES string of the molecule is CC(C)(C)OC(=O)c1ccc(-c2ccc(N)cc2OCc2ccccc2)cc1. The Morgan fingerprint density at radius 1 is 0.929 bits per heavy atom. The first-order valence-electron chi connectivity index (χ1n) is 9.22. The maximum atomic E-state index is 12.2. The number of benzene rings is 3. The minimum atomic E-state index is -0.523. The van der Waals surface area contributed by atoms with Gasteiger partial charge in [-0.2, -0.15) is 0 Å². The molecule has 3 aromatic carbocycles. The van der Waals surface area contributed by atoms with Crippen molar-refractivity contribution in [2.75, 3.05) is 5.73 Å². The van der Waals surface area contributed by atoms with Crippen LogP contribution < -0.4 is 10.5 Å². The smallest absolute Gasteiger partial charge is 0.338 e. The Balaban J connectivity index is 1.82. The van der Waals surface area contributed by atoms with Crippen LogP contribution in [0, 0.1) is 0 Å². The van der Waals surface area contributed by atoms with E-state index in [1.165, 1.54) is 0 Å². The van der Waals surface area contributed by atoms with Gasteiger partial charge in [-0.25, -0.2) is 4.79 Å². The van der Waals surface area contributed by atoms with E-state index in [1.54, 1.807) is 12.1 Å². The average Bonchev–Trinajstić information content (AvgIpc) is 2.66. The minimum Gasteiger partial charge on any atom is -0.488 e. The highest BCUT2D eigenvalue weighted by Crippen LogP contribution is 2.33. The molecule has 144 valence electrons. The van der Waals surface area contributed by atoms with Crippen LogP contribution in [0.15, 0.2) is 72.8 Å². The molecule has 2 N–H and O–H groups in total. The molecule has 0 aromatic heterocycles. The van der Waals surface area contributed by atoms with Crippen LogP contribution in [0.2, 0.25) is 0 Å². The van der Waals surface area contributed by atoms with Crippen LogP contribution in [-0.4, -0.2) is 11.6 Å². The zero-order valence-corrected chi connectivity index (χ0v) is 16.4. The van der Waals surface area contributed by atoms with Crippen LogP contribution in [0.1, 0.15) is 36.7 Å². The molecule has 0 amide bonds. The summed E-state index contributed by atoms with van der Waals surface area (Å²) < 4.78 is 11.4. The summed E-state index contributed by atoms with van der Waals surface area (Å²) >= 11 is 0. The topological polar surface area (TPSA) is 61.5 Å². The normalized spacial score (nSPS) is 11.1. The third-order valence-corrected chi connectivity index (χ3v) is 4.07. The molecule has 4 nitrogen and oxygen atoms in total. The van der Waals surface area contributed by atoms with Crippen LogP contribution in [0.3, 0.4) is 0 Å². The maximum absolute atomic E-state index is 12.2. The van der Waals surface area contributed by atoms with E-state index in [-0.39, 0.29) is 5.97 Å². The van der Waals surface area contributed by atoms with Crippen molar-refractivity contribution >= 4 is 11.7 Å². The fourth-order valence-corrected chi connectivity index (χ4v) is 2.76. The summed E-state index contributed by atoms with van der Waals surface area (Å²) in [7, 11) is 0. The van der Waals surface area contributed by atoms with Crippen LogP contribution in [0.25, 0.3) is 11.1 Å². The number of carbonyl (C=O) groups excluding carboxylic acids is 1. The van der Waals surface area contributed by atoms with Gasteiger partial charge >= 0.3 is 5.97 Å². The zero-order valence-electron chi connectivity index (χ0n) is 16.4. The number of hydrogen-bond acceptors (Lipinski definition) is 4. The van der Waals surface area contributed by atoms with Gasteiger partial charge in [0.2, 0.25) is 0 Å². The summed E-state index contributed by atoms with van der Waals surface area (Å²) in [5.41, 5.74) is 9.52. The predicted molar refractivity (Wildman–Crippen MR) is 112 cm³/mol. The second-order valence-electron chi connectivity index (χ2n) is 7.61. The number of rotatable bonds is 5. The van der Waals surface area contributed by atoms with Crippen molar-refractivity contribution in [3.63, 3.8) is 0 Å². The van der Waals surface area contributed by atoms with E-state index in [0.29, 0.717) is 23.6 Å². The summed E-state index contributed by atoms with van der Waals surface area (Å²) in [5, 5.41) is 0. The van der Waals surface area contributed by atoms with Crippen LogP contribution in [0.5, 0.6) is 5.75 Å². The van der Waals surface area contributed by atoms with Gasteiger partial charge in [0.25, 0.3) is 0 Å². The van der Waals surface area contributed by atoms with Crippen LogP contribution >= 0.6 is 0 Å². The van der Waals surface area contributed by atoms with Gasteiger partial charge in [-0.3, -0.25) is 0 Å². The molecule has 28 heavy (non-hydrogen) atoms. The van der Waals surface area contributed by atoms with Gasteiger partial charge in [0, 0.05) is 17.3 Å². The van der Waals surface area contributed by atoms with Gasteiger partial charge < -0.3 is 15.2 Å². The quantitative estimate of drug-likeness (QED) is 0.474. The number of hydrogen-bond donors (Lipinski definition) is 1. The van der Waals surface area contributed by atoms with Crippen molar-refractivity contribution in [2.24, 2.45) is 0 Å². The second kappa shape index (κ2) is 8.17. The van der Waals surface area contributed by atoms with Crippen molar-refractivity contribution < 1.29 is 14.3 Å². The first-order chi connectivity index (χ1) is 13.3. The van der Waals surface area contributed by atoms with Crippen molar-refractivity contribution in [1.29, 1.82) is 0 Å². The fourth-order valence-electron chi connectivity index (χ4n) is 2.76. The van der Waals surface area contributed by atoms with E-state index in [0.717, 1.165) is 16.7 Å². The lowest BCUT2D eigenvalue weighted by Crippen LogP contribution is -2.23. The predicted octanol–water partition coefficient (Wildman–Crippen LogP) is 5.47. The van der Waals surface area contributed by atoms with Crippen LogP contribution in [0.4, 0.5) is 5.69 Å². The number of anilines is 1. The number of esters is 1. The fraction of sp³-hybridized carbons (Fsp3) is 0.208. The molecule has 4 heteroatoms. The number of nitrogen functional groups attached to an aromatic ring is 1. The summed E-state index contributed by atoms with van der Waals surface area (Å²) in [6, 6.07) is 22.9. The maximum Gasteiger partial charge on any atom is 0.338 e. The molecule has 0 atom stereocenters. The van der Waals surface area contributed by atoms with Crippen LogP contribution in [-0.2, 0) is 11.3 Å². The largest absolute Gasteiger partial charge is 0.488 e. The lowest BCUT2D eigenvalue weighted by Gasteiger charge is -2.19. The van der Waals surface area contributed by atoms with E-state index >= 15 is 0 Å². The molecule has 0 unspecified atom stereocenters. The Labute approximate surface area is 165 Å². The molecule has 0 fully saturated rings. The molecule has 0 saturated heterocycles. The minimum absolute atomic E-state index is 0.336. The van der Waals surface area contributed by atoms with Gasteiger partial charge in [-0.05, 0) is 56.2 Å². The highest BCUT2D eigenvalue weighted by atomic mass is 16.6. The second-order valence-corrected chi connectivity index (χ2v) is 7.61. The molecule has 0 radical (unpaired) electrons. The van der Waals surface area contributed by atoms with Crippen molar-refractivity contribution in [3.8, 4) is 16.9 Å². The average molecular weight is 375 g/mol. The number of nitrogens with two attached hydrogens (primary N) is 1. The molecular weight excluding hydrogens is 350 g/mol. The summed E-state index contributed by atoms with van der Waals surface area (Å²) in [4.78, 5) is 12.2. The molecule has 0 aliphatic heterocycles. The number of carbonyl (C=O) groups is 1. The molecule has 0 bridgehead atoms. The highest BCUT2D eigenvalue weighted by Gasteiger charge is 2.18. The third kappa shape index (κ3) is 5.13. The Kier molecular flexibility index (Phi) is 5.69. The lowest BCUT2D eigenvalue weighted by molar-refractivity contribution is 0.00695. The zero-order chi connectivity index (χ0) is 20.1. The van der Waals surface area contributed by atoms with E-state index in [4.69, 9.17) is 15.2 Å². The van der Waals surface area contributed by atoms with Gasteiger partial charge in [-0.1, -0.05) is 42.5 Å². The first-order valence-corrected chi connectivity index (χ1v) is 9.22. The molecule has 0 heterocycles. The summed E-state index contributed by atoms with van der Waals surface area (Å²) in [6.45, 7) is 6.01. The molecule has 0 spiro atoms. The molecule has 3 rings (SSSR count). The Hall–Kier alpha value is -3.27. The van der Waals surface area contributed by atoms with Gasteiger partial charge in [0.15, 0.2) is 0 Å². The van der Waals surface area contributed by atoms with Gasteiger partial charge in [0.05, 0.1) is 5.56 Å². The van der Waals surface area contributed by atoms with Gasteiger partial charge in [0.1, 0.15) is 18.0 Å². The molecule has 0 aliphatic rings. The van der Waals surface area contributed by atoms with E-state index in [1.807, 2.05) is 81.4 Å². The Bertz CT molecular complexity index is 942. The van der Waals surface area contributed by atoms with Crippen molar-refractivity contribution in [3.05, 3.63) is 83.9 Å².